The fourth-order valence-electron chi connectivity index (χ4n) is 3.98. The van der Waals surface area contributed by atoms with Crippen LogP contribution in [0.1, 0.15) is 25.3 Å². The van der Waals surface area contributed by atoms with E-state index in [1.54, 1.807) is 4.90 Å². The Kier molecular flexibility index (Phi) is 6.19. The van der Waals surface area contributed by atoms with E-state index in [2.05, 4.69) is 17.1 Å². The van der Waals surface area contributed by atoms with Gasteiger partial charge in [-0.3, -0.25) is 4.90 Å². The highest BCUT2D eigenvalue weighted by Crippen LogP contribution is 2.27. The second-order valence-corrected chi connectivity index (χ2v) is 9.42. The van der Waals surface area contributed by atoms with E-state index in [1.165, 1.54) is 5.56 Å². The minimum absolute atomic E-state index is 0.0554. The number of rotatable bonds is 6. The first kappa shape index (κ1) is 19.2. The highest BCUT2D eigenvalue weighted by molar-refractivity contribution is 7.91. The highest BCUT2D eigenvalue weighted by atomic mass is 32.2. The lowest BCUT2D eigenvalue weighted by Crippen LogP contribution is -2.62. The Labute approximate surface area is 156 Å². The predicted octanol–water partition coefficient (Wildman–Crippen LogP) is 1.52. The number of carbonyl (C=O) groups excluding carboxylic acids is 1. The zero-order valence-electron chi connectivity index (χ0n) is 15.4. The molecule has 2 saturated heterocycles. The molecule has 0 spiro atoms. The van der Waals surface area contributed by atoms with Gasteiger partial charge in [-0.25, -0.2) is 13.2 Å². The normalized spacial score (nSPS) is 25.0. The van der Waals surface area contributed by atoms with Crippen molar-refractivity contribution in [2.45, 2.75) is 38.3 Å². The number of hydrogen-bond donors (Lipinski definition) is 1. The highest BCUT2D eigenvalue weighted by Gasteiger charge is 2.47. The topological polar surface area (TPSA) is 69.7 Å². The van der Waals surface area contributed by atoms with Gasteiger partial charge in [0.05, 0.1) is 17.5 Å². The van der Waals surface area contributed by atoms with Gasteiger partial charge in [0.2, 0.25) is 0 Å². The fraction of sp³-hybridized carbons (Fsp3) is 0.632. The van der Waals surface area contributed by atoms with Gasteiger partial charge in [-0.1, -0.05) is 43.7 Å². The Hall–Kier alpha value is -1.60. The molecule has 144 valence electrons. The van der Waals surface area contributed by atoms with Gasteiger partial charge in [0, 0.05) is 25.7 Å². The molecule has 7 heteroatoms. The molecule has 26 heavy (non-hydrogen) atoms. The summed E-state index contributed by atoms with van der Waals surface area (Å²) in [5.74, 6) is 0.265. The number of nitrogens with one attached hydrogen (secondary N) is 1. The van der Waals surface area contributed by atoms with Gasteiger partial charge >= 0.3 is 6.03 Å². The molecule has 0 aliphatic carbocycles. The minimum atomic E-state index is -3.08. The molecule has 0 bridgehead atoms. The summed E-state index contributed by atoms with van der Waals surface area (Å²) in [5.41, 5.74) is 1.18. The summed E-state index contributed by atoms with van der Waals surface area (Å²) >= 11 is 0. The number of fused-ring (bicyclic) bond motifs is 1. The number of benzene rings is 1. The predicted molar refractivity (Wildman–Crippen MR) is 103 cm³/mol. The van der Waals surface area contributed by atoms with Crippen LogP contribution >= 0.6 is 0 Å². The summed E-state index contributed by atoms with van der Waals surface area (Å²) in [5, 5.41) is 2.97. The van der Waals surface area contributed by atoms with E-state index in [4.69, 9.17) is 0 Å². The average molecular weight is 380 g/mol. The van der Waals surface area contributed by atoms with Crippen molar-refractivity contribution in [2.75, 3.05) is 37.7 Å². The standard InChI is InChI=1S/C19H29N3O3S/c1-2-3-11-21-12-13-22(18-15-26(24,25)14-17(18)21)19(23)20-10-9-16-7-5-4-6-8-16/h4-8,17-18H,2-3,9-15H2,1H3,(H,20,23)/t17-,18+/m1/s1. The van der Waals surface area contributed by atoms with E-state index in [0.717, 1.165) is 32.4 Å². The Morgan fingerprint density at radius 2 is 1.88 bits per heavy atom. The van der Waals surface area contributed by atoms with Crippen LogP contribution in [-0.4, -0.2) is 74.0 Å². The molecule has 2 aliphatic heterocycles. The first-order valence-electron chi connectivity index (χ1n) is 9.53. The van der Waals surface area contributed by atoms with Crippen molar-refractivity contribution in [3.63, 3.8) is 0 Å². The molecule has 2 fully saturated rings. The summed E-state index contributed by atoms with van der Waals surface area (Å²) in [6.07, 6.45) is 2.92. The third kappa shape index (κ3) is 4.57. The maximum Gasteiger partial charge on any atom is 0.317 e. The fourth-order valence-corrected chi connectivity index (χ4v) is 5.99. The Balaban J connectivity index is 1.59. The summed E-state index contributed by atoms with van der Waals surface area (Å²) < 4.78 is 24.4. The first-order chi connectivity index (χ1) is 12.5. The lowest BCUT2D eigenvalue weighted by molar-refractivity contribution is 0.0649. The van der Waals surface area contributed by atoms with E-state index < -0.39 is 9.84 Å². The van der Waals surface area contributed by atoms with Gasteiger partial charge < -0.3 is 10.2 Å². The van der Waals surface area contributed by atoms with Crippen molar-refractivity contribution in [1.29, 1.82) is 0 Å². The number of sulfone groups is 1. The van der Waals surface area contributed by atoms with Crippen molar-refractivity contribution >= 4 is 15.9 Å². The SMILES string of the molecule is CCCCN1CCN(C(=O)NCCc2ccccc2)[C@H]2CS(=O)(=O)C[C@H]21. The molecule has 0 unspecified atom stereocenters. The molecular formula is C19H29N3O3S. The molecule has 2 heterocycles. The van der Waals surface area contributed by atoms with E-state index >= 15 is 0 Å². The molecule has 2 amide bonds. The summed E-state index contributed by atoms with van der Waals surface area (Å²) in [6, 6.07) is 9.61. The minimum Gasteiger partial charge on any atom is -0.338 e. The van der Waals surface area contributed by atoms with Crippen molar-refractivity contribution in [1.82, 2.24) is 15.1 Å². The van der Waals surface area contributed by atoms with Gasteiger partial charge in [-0.05, 0) is 24.9 Å². The van der Waals surface area contributed by atoms with Crippen LogP contribution in [0.5, 0.6) is 0 Å². The van der Waals surface area contributed by atoms with E-state index in [-0.39, 0.29) is 29.6 Å². The molecular weight excluding hydrogens is 350 g/mol. The number of unbranched alkanes of at least 4 members (excludes halogenated alkanes) is 1. The van der Waals surface area contributed by atoms with Crippen molar-refractivity contribution in [2.24, 2.45) is 0 Å². The molecule has 0 saturated carbocycles. The third-order valence-electron chi connectivity index (χ3n) is 5.38. The largest absolute Gasteiger partial charge is 0.338 e. The Morgan fingerprint density at radius 3 is 2.62 bits per heavy atom. The van der Waals surface area contributed by atoms with Gasteiger partial charge in [0.15, 0.2) is 9.84 Å². The molecule has 2 atom stereocenters. The van der Waals surface area contributed by atoms with Crippen molar-refractivity contribution < 1.29 is 13.2 Å². The molecule has 1 aromatic carbocycles. The maximum absolute atomic E-state index is 12.7. The number of hydrogen-bond acceptors (Lipinski definition) is 4. The third-order valence-corrected chi connectivity index (χ3v) is 7.08. The Morgan fingerprint density at radius 1 is 1.15 bits per heavy atom. The second kappa shape index (κ2) is 8.39. The van der Waals surface area contributed by atoms with Crippen LogP contribution < -0.4 is 5.32 Å². The molecule has 0 radical (unpaired) electrons. The van der Waals surface area contributed by atoms with Crippen molar-refractivity contribution in [3.8, 4) is 0 Å². The van der Waals surface area contributed by atoms with Crippen LogP contribution in [0.25, 0.3) is 0 Å². The molecule has 3 rings (SSSR count). The zero-order valence-corrected chi connectivity index (χ0v) is 16.2. The summed E-state index contributed by atoms with van der Waals surface area (Å²) in [7, 11) is -3.08. The first-order valence-corrected chi connectivity index (χ1v) is 11.3. The average Bonchev–Trinajstić information content (AvgIpc) is 2.95. The van der Waals surface area contributed by atoms with E-state index in [0.29, 0.717) is 13.1 Å². The van der Waals surface area contributed by atoms with Crippen LogP contribution in [0.3, 0.4) is 0 Å². The number of urea groups is 1. The van der Waals surface area contributed by atoms with Crippen LogP contribution in [0, 0.1) is 0 Å². The Bertz CT molecular complexity index is 708. The maximum atomic E-state index is 12.7. The second-order valence-electron chi connectivity index (χ2n) is 7.26. The summed E-state index contributed by atoms with van der Waals surface area (Å²) in [4.78, 5) is 16.7. The molecule has 6 nitrogen and oxygen atoms in total. The van der Waals surface area contributed by atoms with Crippen LogP contribution in [0.4, 0.5) is 4.79 Å². The lowest BCUT2D eigenvalue weighted by Gasteiger charge is -2.43. The van der Waals surface area contributed by atoms with Gasteiger partial charge in [0.1, 0.15) is 0 Å². The quantitative estimate of drug-likeness (QED) is 0.814. The molecule has 0 aromatic heterocycles. The molecule has 1 aromatic rings. The monoisotopic (exact) mass is 379 g/mol. The van der Waals surface area contributed by atoms with Crippen LogP contribution in [0.2, 0.25) is 0 Å². The molecule has 1 N–H and O–H groups in total. The van der Waals surface area contributed by atoms with Gasteiger partial charge in [-0.15, -0.1) is 0 Å². The molecule has 2 aliphatic rings. The van der Waals surface area contributed by atoms with Gasteiger partial charge in [-0.2, -0.15) is 0 Å². The van der Waals surface area contributed by atoms with Crippen molar-refractivity contribution in [3.05, 3.63) is 35.9 Å². The number of piperazine rings is 1. The zero-order chi connectivity index (χ0) is 18.6. The number of carbonyl (C=O) groups is 1. The van der Waals surface area contributed by atoms with Crippen LogP contribution in [0.15, 0.2) is 30.3 Å². The van der Waals surface area contributed by atoms with E-state index in [9.17, 15) is 13.2 Å². The number of amides is 2. The lowest BCUT2D eigenvalue weighted by atomic mass is 10.0. The summed E-state index contributed by atoms with van der Waals surface area (Å²) in [6.45, 7) is 4.96. The van der Waals surface area contributed by atoms with Crippen LogP contribution in [-0.2, 0) is 16.3 Å². The van der Waals surface area contributed by atoms with E-state index in [1.807, 2.05) is 30.3 Å². The number of nitrogens with zero attached hydrogens (tertiary/aromatic N) is 2. The smallest absolute Gasteiger partial charge is 0.317 e. The van der Waals surface area contributed by atoms with Gasteiger partial charge in [0.25, 0.3) is 0 Å².